The lowest BCUT2D eigenvalue weighted by Crippen LogP contribution is -2.44. The Kier molecular flexibility index (Phi) is 4.74. The topological polar surface area (TPSA) is 95.0 Å². The van der Waals surface area contributed by atoms with Gasteiger partial charge in [-0.05, 0) is 39.1 Å². The maximum Gasteiger partial charge on any atom is 0.272 e. The second-order valence-electron chi connectivity index (χ2n) is 5.40. The van der Waals surface area contributed by atoms with Gasteiger partial charge in [0.2, 0.25) is 0 Å². The lowest BCUT2D eigenvalue weighted by atomic mass is 10.0. The Balaban J connectivity index is 2.01. The van der Waals surface area contributed by atoms with Crippen LogP contribution in [-0.4, -0.2) is 65.0 Å². The average Bonchev–Trinajstić information content (AvgIpc) is 2.53. The molecule has 2 rings (SSSR count). The van der Waals surface area contributed by atoms with E-state index in [1.807, 2.05) is 4.90 Å². The Labute approximate surface area is 124 Å². The van der Waals surface area contributed by atoms with Gasteiger partial charge in [-0.1, -0.05) is 5.16 Å². The van der Waals surface area contributed by atoms with Crippen molar-refractivity contribution < 1.29 is 10.0 Å². The molecular weight excluding hydrogens is 270 g/mol. The normalized spacial score (nSPS) is 17.3. The highest BCUT2D eigenvalue weighted by Gasteiger charge is 2.25. The van der Waals surface area contributed by atoms with Crippen LogP contribution in [0.4, 0.5) is 0 Å². The van der Waals surface area contributed by atoms with Crippen molar-refractivity contribution in [2.75, 3.05) is 27.2 Å². The molecule has 1 amide bonds. The third kappa shape index (κ3) is 3.49. The Morgan fingerprint density at radius 1 is 1.43 bits per heavy atom. The van der Waals surface area contributed by atoms with Gasteiger partial charge in [-0.2, -0.15) is 0 Å². The summed E-state index contributed by atoms with van der Waals surface area (Å²) in [6.45, 7) is 1.48. The Bertz CT molecular complexity index is 519. The van der Waals surface area contributed by atoms with Crippen LogP contribution in [-0.2, 0) is 0 Å². The summed E-state index contributed by atoms with van der Waals surface area (Å²) < 4.78 is 0. The van der Waals surface area contributed by atoms with E-state index in [4.69, 9.17) is 10.9 Å². The zero-order valence-electron chi connectivity index (χ0n) is 12.4. The van der Waals surface area contributed by atoms with Crippen molar-refractivity contribution in [3.05, 3.63) is 29.6 Å². The lowest BCUT2D eigenvalue weighted by Gasteiger charge is -2.35. The summed E-state index contributed by atoms with van der Waals surface area (Å²) in [5.41, 5.74) is 6.34. The van der Waals surface area contributed by atoms with Crippen molar-refractivity contribution in [1.29, 1.82) is 0 Å². The molecule has 1 saturated heterocycles. The van der Waals surface area contributed by atoms with Crippen molar-refractivity contribution in [3.63, 3.8) is 0 Å². The number of rotatable bonds is 3. The summed E-state index contributed by atoms with van der Waals surface area (Å²) in [6, 6.07) is 3.76. The second kappa shape index (κ2) is 6.53. The van der Waals surface area contributed by atoms with Gasteiger partial charge in [0, 0.05) is 30.9 Å². The average molecular weight is 291 g/mol. The van der Waals surface area contributed by atoms with Crippen LogP contribution in [0.5, 0.6) is 0 Å². The van der Waals surface area contributed by atoms with E-state index in [9.17, 15) is 4.79 Å². The number of nitrogens with zero attached hydrogens (tertiary/aromatic N) is 4. The van der Waals surface area contributed by atoms with Gasteiger partial charge in [-0.25, -0.2) is 0 Å². The van der Waals surface area contributed by atoms with Crippen molar-refractivity contribution >= 4 is 11.7 Å². The number of nitrogens with two attached hydrogens (primary N) is 1. The number of carbonyl (C=O) groups is 1. The number of aromatic nitrogens is 1. The highest BCUT2D eigenvalue weighted by Crippen LogP contribution is 2.16. The van der Waals surface area contributed by atoms with E-state index in [1.165, 1.54) is 6.20 Å². The van der Waals surface area contributed by atoms with E-state index >= 15 is 0 Å². The Hall–Kier alpha value is -2.15. The van der Waals surface area contributed by atoms with Crippen LogP contribution in [0.15, 0.2) is 23.5 Å². The molecule has 1 aliphatic heterocycles. The standard InChI is InChI=1S/C14H21N5O2/c1-18(2)11-5-7-19(8-6-11)14(20)12-4-3-10(9-16-12)13(15)17-21/h3-4,9,11,21H,5-8H2,1-2H3,(H2,15,17). The molecule has 0 spiro atoms. The number of amides is 1. The van der Waals surface area contributed by atoms with E-state index in [-0.39, 0.29) is 11.7 Å². The maximum absolute atomic E-state index is 12.4. The second-order valence-corrected chi connectivity index (χ2v) is 5.40. The number of amidine groups is 1. The summed E-state index contributed by atoms with van der Waals surface area (Å²) in [5, 5.41) is 11.5. The number of piperidine rings is 1. The lowest BCUT2D eigenvalue weighted by molar-refractivity contribution is 0.0657. The third-order valence-corrected chi connectivity index (χ3v) is 3.87. The number of carbonyl (C=O) groups excluding carboxylic acids is 1. The molecule has 2 heterocycles. The fourth-order valence-corrected chi connectivity index (χ4v) is 2.48. The summed E-state index contributed by atoms with van der Waals surface area (Å²) in [4.78, 5) is 20.5. The third-order valence-electron chi connectivity index (χ3n) is 3.87. The molecule has 0 bridgehead atoms. The molecular formula is C14H21N5O2. The predicted molar refractivity (Wildman–Crippen MR) is 79.4 cm³/mol. The number of pyridine rings is 1. The molecule has 0 radical (unpaired) electrons. The highest BCUT2D eigenvalue weighted by atomic mass is 16.4. The molecule has 0 aromatic carbocycles. The maximum atomic E-state index is 12.4. The first kappa shape index (κ1) is 15.2. The first-order chi connectivity index (χ1) is 10.0. The van der Waals surface area contributed by atoms with Gasteiger partial charge in [0.05, 0.1) is 0 Å². The Morgan fingerprint density at radius 3 is 2.57 bits per heavy atom. The molecule has 0 atom stereocenters. The van der Waals surface area contributed by atoms with Gasteiger partial charge in [0.25, 0.3) is 5.91 Å². The van der Waals surface area contributed by atoms with E-state index in [1.54, 1.807) is 12.1 Å². The van der Waals surface area contributed by atoms with Gasteiger partial charge in [-0.3, -0.25) is 9.78 Å². The molecule has 7 heteroatoms. The monoisotopic (exact) mass is 291 g/mol. The van der Waals surface area contributed by atoms with Crippen molar-refractivity contribution in [2.24, 2.45) is 10.9 Å². The smallest absolute Gasteiger partial charge is 0.272 e. The number of hydrogen-bond acceptors (Lipinski definition) is 5. The van der Waals surface area contributed by atoms with Crippen molar-refractivity contribution in [1.82, 2.24) is 14.8 Å². The molecule has 114 valence electrons. The van der Waals surface area contributed by atoms with E-state index in [2.05, 4.69) is 29.1 Å². The molecule has 3 N–H and O–H groups in total. The molecule has 1 aromatic rings. The summed E-state index contributed by atoms with van der Waals surface area (Å²) in [6.07, 6.45) is 3.39. The SMILES string of the molecule is CN(C)C1CCN(C(=O)c2ccc(C(N)=NO)cn2)CC1. The number of hydrogen-bond donors (Lipinski definition) is 2. The van der Waals surface area contributed by atoms with Crippen molar-refractivity contribution in [2.45, 2.75) is 18.9 Å². The van der Waals surface area contributed by atoms with Crippen LogP contribution < -0.4 is 5.73 Å². The summed E-state index contributed by atoms with van der Waals surface area (Å²) >= 11 is 0. The quantitative estimate of drug-likeness (QED) is 0.362. The van der Waals surface area contributed by atoms with Gasteiger partial charge < -0.3 is 20.7 Å². The van der Waals surface area contributed by atoms with E-state index < -0.39 is 0 Å². The molecule has 7 nitrogen and oxygen atoms in total. The van der Waals surface area contributed by atoms with Crippen LogP contribution in [0.1, 0.15) is 28.9 Å². The van der Waals surface area contributed by atoms with Crippen LogP contribution in [0.25, 0.3) is 0 Å². The zero-order chi connectivity index (χ0) is 15.4. The molecule has 21 heavy (non-hydrogen) atoms. The summed E-state index contributed by atoms with van der Waals surface area (Å²) in [5.74, 6) is -0.0911. The van der Waals surface area contributed by atoms with E-state index in [0.29, 0.717) is 17.3 Å². The Morgan fingerprint density at radius 2 is 2.10 bits per heavy atom. The number of likely N-dealkylation sites (tertiary alicyclic amines) is 1. The van der Waals surface area contributed by atoms with Crippen LogP contribution in [0, 0.1) is 0 Å². The molecule has 1 aliphatic rings. The minimum atomic E-state index is -0.0711. The predicted octanol–water partition coefficient (Wildman–Crippen LogP) is 0.342. The van der Waals surface area contributed by atoms with Gasteiger partial charge >= 0.3 is 0 Å². The van der Waals surface area contributed by atoms with Gasteiger partial charge in [0.15, 0.2) is 5.84 Å². The molecule has 1 aromatic heterocycles. The first-order valence-electron chi connectivity index (χ1n) is 6.92. The fourth-order valence-electron chi connectivity index (χ4n) is 2.48. The number of oxime groups is 1. The van der Waals surface area contributed by atoms with Crippen LogP contribution in [0.3, 0.4) is 0 Å². The van der Waals surface area contributed by atoms with Gasteiger partial charge in [0.1, 0.15) is 5.69 Å². The minimum absolute atomic E-state index is 0.0201. The molecule has 1 fully saturated rings. The molecule has 0 aliphatic carbocycles. The minimum Gasteiger partial charge on any atom is -0.409 e. The van der Waals surface area contributed by atoms with Crippen LogP contribution in [0.2, 0.25) is 0 Å². The van der Waals surface area contributed by atoms with E-state index in [0.717, 1.165) is 25.9 Å². The molecule has 0 saturated carbocycles. The fraction of sp³-hybridized carbons (Fsp3) is 0.500. The van der Waals surface area contributed by atoms with Gasteiger partial charge in [-0.15, -0.1) is 0 Å². The highest BCUT2D eigenvalue weighted by molar-refractivity contribution is 5.98. The van der Waals surface area contributed by atoms with Crippen molar-refractivity contribution in [3.8, 4) is 0 Å². The first-order valence-corrected chi connectivity index (χ1v) is 6.92. The largest absolute Gasteiger partial charge is 0.409 e. The zero-order valence-corrected chi connectivity index (χ0v) is 12.4. The molecule has 0 unspecified atom stereocenters. The summed E-state index contributed by atoms with van der Waals surface area (Å²) in [7, 11) is 4.13. The van der Waals surface area contributed by atoms with Crippen LogP contribution >= 0.6 is 0 Å².